The van der Waals surface area contributed by atoms with E-state index < -0.39 is 6.26 Å². The van der Waals surface area contributed by atoms with Crippen LogP contribution in [0.4, 0.5) is 0 Å². The number of hydrogen-bond acceptors (Lipinski definition) is 4. The lowest BCUT2D eigenvalue weighted by molar-refractivity contribution is -0.140. The van der Waals surface area contributed by atoms with Crippen molar-refractivity contribution < 1.29 is 14.1 Å². The average Bonchev–Trinajstić information content (AvgIpc) is 2.44. The van der Waals surface area contributed by atoms with Crippen LogP contribution in [0.25, 0.3) is 0 Å². The van der Waals surface area contributed by atoms with Crippen molar-refractivity contribution in [2.75, 3.05) is 26.0 Å². The minimum absolute atomic E-state index is 0.246. The summed E-state index contributed by atoms with van der Waals surface area (Å²) < 4.78 is 10.7. The van der Waals surface area contributed by atoms with Crippen molar-refractivity contribution in [3.8, 4) is 0 Å². The van der Waals surface area contributed by atoms with E-state index in [0.29, 0.717) is 12.8 Å². The van der Waals surface area contributed by atoms with Crippen molar-refractivity contribution >= 4 is 24.0 Å². The van der Waals surface area contributed by atoms with Crippen molar-refractivity contribution in [1.29, 1.82) is 0 Å². The maximum absolute atomic E-state index is 10.7. The predicted molar refractivity (Wildman–Crippen MR) is 99.5 cm³/mol. The van der Waals surface area contributed by atoms with E-state index in [1.807, 2.05) is 6.66 Å². The number of hydrogen-bond donors (Lipinski definition) is 0. The van der Waals surface area contributed by atoms with Crippen LogP contribution in [0.1, 0.15) is 78.1 Å². The van der Waals surface area contributed by atoms with Crippen LogP contribution in [0, 0.1) is 0 Å². The van der Waals surface area contributed by atoms with E-state index >= 15 is 0 Å². The molecule has 0 saturated carbocycles. The SMILES string of the molecule is CCCCCCCCCCCCOP(C)(=S)CCOC(C)=O. The van der Waals surface area contributed by atoms with Gasteiger partial charge in [0.05, 0.1) is 19.5 Å². The van der Waals surface area contributed by atoms with Crippen molar-refractivity contribution in [3.05, 3.63) is 0 Å². The van der Waals surface area contributed by atoms with Crippen LogP contribution in [-0.4, -0.2) is 32.0 Å². The average molecular weight is 351 g/mol. The molecule has 0 rings (SSSR count). The zero-order valence-electron chi connectivity index (χ0n) is 14.8. The van der Waals surface area contributed by atoms with Gasteiger partial charge < -0.3 is 9.26 Å². The molecule has 132 valence electrons. The topological polar surface area (TPSA) is 35.5 Å². The first-order chi connectivity index (χ1) is 10.5. The molecule has 0 aromatic carbocycles. The van der Waals surface area contributed by atoms with Gasteiger partial charge in [-0.3, -0.25) is 4.79 Å². The molecule has 22 heavy (non-hydrogen) atoms. The van der Waals surface area contributed by atoms with Gasteiger partial charge in [-0.2, -0.15) is 0 Å². The first-order valence-corrected chi connectivity index (χ1v) is 12.2. The van der Waals surface area contributed by atoms with Crippen LogP contribution in [0.15, 0.2) is 0 Å². The fraction of sp³-hybridized carbons (Fsp3) is 0.941. The Kier molecular flexibility index (Phi) is 14.7. The third kappa shape index (κ3) is 16.5. The third-order valence-corrected chi connectivity index (χ3v) is 6.25. The molecular formula is C17H35O3PS. The number of ether oxygens (including phenoxy) is 1. The highest BCUT2D eigenvalue weighted by molar-refractivity contribution is 8.11. The van der Waals surface area contributed by atoms with Gasteiger partial charge in [-0.05, 0) is 13.1 Å². The van der Waals surface area contributed by atoms with E-state index in [2.05, 4.69) is 6.92 Å². The zero-order chi connectivity index (χ0) is 16.7. The summed E-state index contributed by atoms with van der Waals surface area (Å²) in [6.07, 6.45) is 12.2. The first-order valence-electron chi connectivity index (χ1n) is 8.82. The second-order valence-corrected chi connectivity index (χ2v) is 11.1. The summed E-state index contributed by atoms with van der Waals surface area (Å²) in [5, 5.41) is 0. The Bertz CT molecular complexity index is 321. The van der Waals surface area contributed by atoms with Gasteiger partial charge in [0.1, 0.15) is 0 Å². The fourth-order valence-electron chi connectivity index (χ4n) is 2.27. The monoisotopic (exact) mass is 350 g/mol. The number of rotatable bonds is 15. The molecule has 0 heterocycles. The summed E-state index contributed by atoms with van der Waals surface area (Å²) in [6.45, 7) is 6.81. The molecular weight excluding hydrogens is 315 g/mol. The Hall–Kier alpha value is 0.0800. The van der Waals surface area contributed by atoms with Crippen molar-refractivity contribution in [2.45, 2.75) is 78.1 Å². The van der Waals surface area contributed by atoms with E-state index in [9.17, 15) is 4.79 Å². The fourth-order valence-corrected chi connectivity index (χ4v) is 3.78. The maximum atomic E-state index is 10.7. The third-order valence-electron chi connectivity index (χ3n) is 3.67. The van der Waals surface area contributed by atoms with Gasteiger partial charge in [-0.1, -0.05) is 76.5 Å². The summed E-state index contributed by atoms with van der Waals surface area (Å²) in [5.74, 6) is -0.246. The lowest BCUT2D eigenvalue weighted by Crippen LogP contribution is -2.06. The first kappa shape index (κ1) is 22.1. The summed E-state index contributed by atoms with van der Waals surface area (Å²) in [7, 11) is 0. The largest absolute Gasteiger partial charge is 0.465 e. The maximum Gasteiger partial charge on any atom is 0.302 e. The van der Waals surface area contributed by atoms with E-state index in [-0.39, 0.29) is 5.97 Å². The summed E-state index contributed by atoms with van der Waals surface area (Å²) >= 11 is 5.46. The van der Waals surface area contributed by atoms with E-state index in [0.717, 1.165) is 13.0 Å². The Morgan fingerprint density at radius 1 is 0.909 bits per heavy atom. The second kappa shape index (κ2) is 14.7. The van der Waals surface area contributed by atoms with Gasteiger partial charge in [-0.25, -0.2) is 0 Å². The molecule has 3 nitrogen and oxygen atoms in total. The van der Waals surface area contributed by atoms with Crippen LogP contribution < -0.4 is 0 Å². The number of unbranched alkanes of at least 4 members (excludes halogenated alkanes) is 9. The molecule has 0 amide bonds. The molecule has 0 fully saturated rings. The molecule has 1 unspecified atom stereocenters. The summed E-state index contributed by atoms with van der Waals surface area (Å²) in [5.41, 5.74) is 0. The molecule has 0 radical (unpaired) electrons. The molecule has 0 saturated heterocycles. The van der Waals surface area contributed by atoms with Crippen molar-refractivity contribution in [3.63, 3.8) is 0 Å². The standard InChI is InChI=1S/C17H35O3PS/c1-4-5-6-7-8-9-10-11-12-13-14-20-21(3,22)16-15-19-17(2)18/h4-16H2,1-3H3. The quantitative estimate of drug-likeness (QED) is 0.222. The van der Waals surface area contributed by atoms with Gasteiger partial charge in [0.15, 0.2) is 0 Å². The van der Waals surface area contributed by atoms with Crippen LogP contribution >= 0.6 is 6.26 Å². The van der Waals surface area contributed by atoms with E-state index in [1.54, 1.807) is 0 Å². The molecule has 0 bridgehead atoms. The molecule has 0 N–H and O–H groups in total. The molecule has 1 atom stereocenters. The number of esters is 1. The van der Waals surface area contributed by atoms with Gasteiger partial charge in [-0.15, -0.1) is 0 Å². The number of carbonyl (C=O) groups excluding carboxylic acids is 1. The number of carbonyl (C=O) groups is 1. The molecule has 0 aliphatic carbocycles. The summed E-state index contributed by atoms with van der Waals surface area (Å²) in [6, 6.07) is 0. The zero-order valence-corrected chi connectivity index (χ0v) is 16.5. The Balaban J connectivity index is 3.34. The molecule has 0 spiro atoms. The smallest absolute Gasteiger partial charge is 0.302 e. The summed E-state index contributed by atoms with van der Waals surface area (Å²) in [4.78, 5) is 10.7. The molecule has 0 aliphatic rings. The second-order valence-electron chi connectivity index (χ2n) is 6.09. The lowest BCUT2D eigenvalue weighted by Gasteiger charge is -2.17. The van der Waals surface area contributed by atoms with Gasteiger partial charge in [0.2, 0.25) is 0 Å². The highest BCUT2D eigenvalue weighted by Gasteiger charge is 2.11. The lowest BCUT2D eigenvalue weighted by atomic mass is 10.1. The van der Waals surface area contributed by atoms with Crippen molar-refractivity contribution in [1.82, 2.24) is 0 Å². The minimum Gasteiger partial charge on any atom is -0.465 e. The molecule has 0 aromatic rings. The van der Waals surface area contributed by atoms with Crippen LogP contribution in [0.3, 0.4) is 0 Å². The highest BCUT2D eigenvalue weighted by atomic mass is 32.4. The predicted octanol–water partition coefficient (Wildman–Crippen LogP) is 5.51. The van der Waals surface area contributed by atoms with Gasteiger partial charge in [0, 0.05) is 13.1 Å². The van der Waals surface area contributed by atoms with Crippen LogP contribution in [0.2, 0.25) is 0 Å². The van der Waals surface area contributed by atoms with Crippen molar-refractivity contribution in [2.24, 2.45) is 0 Å². The van der Waals surface area contributed by atoms with E-state index in [4.69, 9.17) is 21.1 Å². The van der Waals surface area contributed by atoms with E-state index in [1.165, 1.54) is 64.7 Å². The Morgan fingerprint density at radius 2 is 1.41 bits per heavy atom. The van der Waals surface area contributed by atoms with Crippen LogP contribution in [0.5, 0.6) is 0 Å². The minimum atomic E-state index is -1.77. The highest BCUT2D eigenvalue weighted by Crippen LogP contribution is 2.42. The normalized spacial score (nSPS) is 13.8. The van der Waals surface area contributed by atoms with Gasteiger partial charge >= 0.3 is 5.97 Å². The molecule has 5 heteroatoms. The Morgan fingerprint density at radius 3 is 1.91 bits per heavy atom. The molecule has 0 aromatic heterocycles. The molecule has 0 aliphatic heterocycles. The van der Waals surface area contributed by atoms with Gasteiger partial charge in [0.25, 0.3) is 0 Å². The Labute approximate surface area is 142 Å². The van der Waals surface area contributed by atoms with Crippen LogP contribution in [-0.2, 0) is 25.9 Å².